The van der Waals surface area contributed by atoms with Crippen LogP contribution in [0.5, 0.6) is 0 Å². The van der Waals surface area contributed by atoms with E-state index in [1.807, 2.05) is 37.5 Å². The largest absolute Gasteiger partial charge is 0.370 e. The van der Waals surface area contributed by atoms with Gasteiger partial charge in [-0.1, -0.05) is 23.7 Å². The molecule has 1 heterocycles. The van der Waals surface area contributed by atoms with Crippen LogP contribution in [0.1, 0.15) is 17.7 Å². The number of aromatic nitrogens is 1. The van der Waals surface area contributed by atoms with Crippen molar-refractivity contribution >= 4 is 28.9 Å². The van der Waals surface area contributed by atoms with Crippen molar-refractivity contribution in [3.05, 3.63) is 40.4 Å². The predicted octanol–water partition coefficient (Wildman–Crippen LogP) is 3.37. The summed E-state index contributed by atoms with van der Waals surface area (Å²) >= 11 is 7.53. The lowest BCUT2D eigenvalue weighted by Crippen LogP contribution is -2.35. The topological polar surface area (TPSA) is 54.5 Å². The molecule has 1 aliphatic carbocycles. The molecule has 21 heavy (non-hydrogen) atoms. The molecule has 1 fully saturated rings. The lowest BCUT2D eigenvalue weighted by Gasteiger charge is -2.16. The van der Waals surface area contributed by atoms with Gasteiger partial charge < -0.3 is 10.6 Å². The number of nitrogens with zero attached hydrogens (tertiary/aromatic N) is 3. The van der Waals surface area contributed by atoms with Gasteiger partial charge in [0.05, 0.1) is 6.54 Å². The Balaban J connectivity index is 1.67. The monoisotopic (exact) mass is 320 g/mol. The molecular weight excluding hydrogens is 304 g/mol. The van der Waals surface area contributed by atoms with E-state index < -0.39 is 0 Å². The molecule has 0 saturated heterocycles. The molecule has 1 aliphatic rings. The number of benzene rings is 1. The first-order valence-electron chi connectivity index (χ1n) is 6.87. The number of aliphatic imine (C=N–C) groups is 1. The lowest BCUT2D eigenvalue weighted by atomic mass is 10.2. The maximum absolute atomic E-state index is 5.99. The van der Waals surface area contributed by atoms with E-state index in [-0.39, 0.29) is 0 Å². The van der Waals surface area contributed by atoms with Crippen LogP contribution in [0.25, 0.3) is 10.6 Å². The molecule has 1 aromatic carbocycles. The van der Waals surface area contributed by atoms with Gasteiger partial charge in [0.15, 0.2) is 5.96 Å². The third kappa shape index (κ3) is 3.54. The van der Waals surface area contributed by atoms with Crippen LogP contribution in [-0.2, 0) is 6.54 Å². The highest BCUT2D eigenvalue weighted by Crippen LogP contribution is 2.27. The molecule has 3 rings (SSSR count). The van der Waals surface area contributed by atoms with Crippen LogP contribution in [0.3, 0.4) is 0 Å². The fourth-order valence-electron chi connectivity index (χ4n) is 2.03. The number of guanidine groups is 1. The van der Waals surface area contributed by atoms with Crippen LogP contribution in [0.2, 0.25) is 5.02 Å². The second kappa shape index (κ2) is 6.03. The van der Waals surface area contributed by atoms with Crippen molar-refractivity contribution < 1.29 is 0 Å². The minimum atomic E-state index is 0.578. The standard InChI is InChI=1S/C15H17ClN4S/c1-20(12-6-7-12)15(17)19-9-13-8-18-14(21-13)10-2-4-11(16)5-3-10/h2-5,8,12H,6-7,9H2,1H3,(H2,17,19). The first kappa shape index (κ1) is 14.4. The summed E-state index contributed by atoms with van der Waals surface area (Å²) in [7, 11) is 2.00. The van der Waals surface area contributed by atoms with E-state index in [0.717, 1.165) is 20.5 Å². The quantitative estimate of drug-likeness (QED) is 0.694. The summed E-state index contributed by atoms with van der Waals surface area (Å²) in [5.41, 5.74) is 7.06. The fourth-order valence-corrected chi connectivity index (χ4v) is 2.99. The molecule has 6 heteroatoms. The smallest absolute Gasteiger partial charge is 0.191 e. The minimum absolute atomic E-state index is 0.578. The maximum atomic E-state index is 5.99. The summed E-state index contributed by atoms with van der Waals surface area (Å²) in [5, 5.41) is 1.71. The number of hydrogen-bond donors (Lipinski definition) is 1. The van der Waals surface area contributed by atoms with E-state index in [9.17, 15) is 0 Å². The van der Waals surface area contributed by atoms with Crippen molar-refractivity contribution in [2.45, 2.75) is 25.4 Å². The molecule has 1 aromatic heterocycles. The van der Waals surface area contributed by atoms with Crippen LogP contribution in [-0.4, -0.2) is 28.9 Å². The fraction of sp³-hybridized carbons (Fsp3) is 0.333. The zero-order chi connectivity index (χ0) is 14.8. The van der Waals surface area contributed by atoms with Crippen molar-refractivity contribution in [3.8, 4) is 10.6 Å². The van der Waals surface area contributed by atoms with Crippen LogP contribution in [0, 0.1) is 0 Å². The maximum Gasteiger partial charge on any atom is 0.191 e. The molecule has 1 saturated carbocycles. The van der Waals surface area contributed by atoms with Gasteiger partial charge in [-0.05, 0) is 25.0 Å². The normalized spacial score (nSPS) is 15.2. The number of thiazole rings is 1. The Morgan fingerprint density at radius 1 is 1.43 bits per heavy atom. The highest BCUT2D eigenvalue weighted by molar-refractivity contribution is 7.15. The zero-order valence-electron chi connectivity index (χ0n) is 11.8. The van der Waals surface area contributed by atoms with E-state index in [0.29, 0.717) is 18.5 Å². The SMILES string of the molecule is CN(C(N)=NCc1cnc(-c2ccc(Cl)cc2)s1)C1CC1. The highest BCUT2D eigenvalue weighted by atomic mass is 35.5. The van der Waals surface area contributed by atoms with Crippen molar-refractivity contribution in [2.24, 2.45) is 10.7 Å². The molecule has 0 atom stereocenters. The Bertz CT molecular complexity index is 646. The van der Waals surface area contributed by atoms with Gasteiger partial charge in [0.25, 0.3) is 0 Å². The van der Waals surface area contributed by atoms with Gasteiger partial charge in [-0.15, -0.1) is 11.3 Å². The Kier molecular flexibility index (Phi) is 4.12. The second-order valence-corrected chi connectivity index (χ2v) is 6.71. The summed E-state index contributed by atoms with van der Waals surface area (Å²) < 4.78 is 0. The van der Waals surface area contributed by atoms with Crippen molar-refractivity contribution in [3.63, 3.8) is 0 Å². The van der Waals surface area contributed by atoms with E-state index in [2.05, 4.69) is 14.9 Å². The van der Waals surface area contributed by atoms with Crippen molar-refractivity contribution in [1.29, 1.82) is 0 Å². The molecule has 110 valence electrons. The summed E-state index contributed by atoms with van der Waals surface area (Å²) in [6, 6.07) is 8.28. The summed E-state index contributed by atoms with van der Waals surface area (Å²) in [6.45, 7) is 0.578. The average Bonchev–Trinajstić information content (AvgIpc) is 3.23. The van der Waals surface area contributed by atoms with Gasteiger partial charge in [-0.2, -0.15) is 0 Å². The Morgan fingerprint density at radius 3 is 2.81 bits per heavy atom. The van der Waals surface area contributed by atoms with Crippen LogP contribution < -0.4 is 5.73 Å². The van der Waals surface area contributed by atoms with Gasteiger partial charge in [-0.25, -0.2) is 9.98 Å². The number of hydrogen-bond acceptors (Lipinski definition) is 3. The third-order valence-electron chi connectivity index (χ3n) is 3.50. The first-order chi connectivity index (χ1) is 10.1. The molecule has 2 N–H and O–H groups in total. The summed E-state index contributed by atoms with van der Waals surface area (Å²) in [4.78, 5) is 12.0. The first-order valence-corrected chi connectivity index (χ1v) is 8.06. The second-order valence-electron chi connectivity index (χ2n) is 5.16. The van der Waals surface area contributed by atoms with Gasteiger partial charge >= 0.3 is 0 Å². The molecule has 4 nitrogen and oxygen atoms in total. The molecule has 2 aromatic rings. The Hall–Kier alpha value is -1.59. The van der Waals surface area contributed by atoms with Gasteiger partial charge in [0.2, 0.25) is 0 Å². The summed E-state index contributed by atoms with van der Waals surface area (Å²) in [6.07, 6.45) is 4.30. The Morgan fingerprint density at radius 2 is 2.14 bits per heavy atom. The molecule has 0 radical (unpaired) electrons. The molecular formula is C15H17ClN4S. The number of nitrogens with two attached hydrogens (primary N) is 1. The van der Waals surface area contributed by atoms with Crippen molar-refractivity contribution in [1.82, 2.24) is 9.88 Å². The van der Waals surface area contributed by atoms with Crippen LogP contribution in [0.15, 0.2) is 35.5 Å². The Labute approximate surface area is 133 Å². The predicted molar refractivity (Wildman–Crippen MR) is 88.7 cm³/mol. The minimum Gasteiger partial charge on any atom is -0.370 e. The summed E-state index contributed by atoms with van der Waals surface area (Å²) in [5.74, 6) is 0.610. The molecule has 0 spiro atoms. The van der Waals surface area contributed by atoms with Gasteiger partial charge in [-0.3, -0.25) is 0 Å². The third-order valence-corrected chi connectivity index (χ3v) is 4.78. The average molecular weight is 321 g/mol. The lowest BCUT2D eigenvalue weighted by molar-refractivity contribution is 0.487. The van der Waals surface area contributed by atoms with E-state index in [1.165, 1.54) is 12.8 Å². The zero-order valence-corrected chi connectivity index (χ0v) is 13.4. The van der Waals surface area contributed by atoms with E-state index in [4.69, 9.17) is 17.3 Å². The van der Waals surface area contributed by atoms with Crippen LogP contribution >= 0.6 is 22.9 Å². The van der Waals surface area contributed by atoms with E-state index >= 15 is 0 Å². The van der Waals surface area contributed by atoms with Crippen molar-refractivity contribution in [2.75, 3.05) is 7.05 Å². The van der Waals surface area contributed by atoms with Gasteiger partial charge in [0, 0.05) is 34.7 Å². The van der Waals surface area contributed by atoms with E-state index in [1.54, 1.807) is 11.3 Å². The molecule has 0 unspecified atom stereocenters. The number of halogens is 1. The highest BCUT2D eigenvalue weighted by Gasteiger charge is 2.27. The van der Waals surface area contributed by atoms with Crippen LogP contribution in [0.4, 0.5) is 0 Å². The molecule has 0 bridgehead atoms. The number of rotatable bonds is 4. The molecule has 0 aliphatic heterocycles. The molecule has 0 amide bonds. The van der Waals surface area contributed by atoms with Gasteiger partial charge in [0.1, 0.15) is 5.01 Å².